The summed E-state index contributed by atoms with van der Waals surface area (Å²) in [5.74, 6) is -0.0454. The molecule has 0 fully saturated rings. The van der Waals surface area contributed by atoms with Crippen LogP contribution in [0, 0.1) is 0 Å². The van der Waals surface area contributed by atoms with Crippen molar-refractivity contribution in [2.24, 2.45) is 4.99 Å². The monoisotopic (exact) mass is 473 g/mol. The Labute approximate surface area is 187 Å². The number of benzene rings is 1. The van der Waals surface area contributed by atoms with Crippen molar-refractivity contribution in [3.63, 3.8) is 0 Å². The molecule has 1 amide bonds. The lowest BCUT2D eigenvalue weighted by Crippen LogP contribution is -2.33. The fourth-order valence-electron chi connectivity index (χ4n) is 2.58. The molecule has 0 bridgehead atoms. The first-order valence-corrected chi connectivity index (χ1v) is 12.3. The minimum absolute atomic E-state index is 0.0370. The van der Waals surface area contributed by atoms with E-state index >= 15 is 0 Å². The molecule has 0 aliphatic heterocycles. The largest absolute Gasteiger partial charge is 0.496 e. The number of halogens is 1. The van der Waals surface area contributed by atoms with Gasteiger partial charge in [-0.05, 0) is 30.5 Å². The summed E-state index contributed by atoms with van der Waals surface area (Å²) in [6.45, 7) is 8.48. The highest BCUT2D eigenvalue weighted by Gasteiger charge is 2.20. The average Bonchev–Trinajstić information content (AvgIpc) is 3.09. The zero-order valence-corrected chi connectivity index (χ0v) is 20.5. The number of ether oxygens (including phenoxy) is 1. The standard InChI is InChI=1S/C20H28ClN3O4S2/c1-7-30(26,27)23(5)10-11-24-13-17(20(2,3)4)29-19(24)22-18(25)15-12-14(21)8-9-16(15)28-6/h8-9,12-13H,7,10-11H2,1-6H3. The second-order valence-electron chi connectivity index (χ2n) is 7.81. The van der Waals surface area contributed by atoms with Gasteiger partial charge in [-0.3, -0.25) is 4.79 Å². The maximum atomic E-state index is 12.9. The molecule has 7 nitrogen and oxygen atoms in total. The second kappa shape index (κ2) is 9.64. The highest BCUT2D eigenvalue weighted by atomic mass is 35.5. The van der Waals surface area contributed by atoms with Gasteiger partial charge in [-0.25, -0.2) is 12.7 Å². The van der Waals surface area contributed by atoms with E-state index in [9.17, 15) is 13.2 Å². The van der Waals surface area contributed by atoms with Crippen LogP contribution in [0.5, 0.6) is 5.75 Å². The number of carbonyl (C=O) groups is 1. The third-order valence-electron chi connectivity index (χ3n) is 4.54. The number of amides is 1. The van der Waals surface area contributed by atoms with E-state index in [2.05, 4.69) is 25.8 Å². The number of aromatic nitrogens is 1. The van der Waals surface area contributed by atoms with Crippen molar-refractivity contribution in [2.75, 3.05) is 26.5 Å². The van der Waals surface area contributed by atoms with Crippen molar-refractivity contribution >= 4 is 38.9 Å². The molecule has 1 heterocycles. The van der Waals surface area contributed by atoms with Crippen molar-refractivity contribution in [3.05, 3.63) is 44.7 Å². The van der Waals surface area contributed by atoms with Gasteiger partial charge in [-0.1, -0.05) is 32.4 Å². The third-order valence-corrected chi connectivity index (χ3v) is 8.09. The van der Waals surface area contributed by atoms with Gasteiger partial charge in [0.25, 0.3) is 5.91 Å². The molecule has 0 saturated carbocycles. The normalized spacial score (nSPS) is 13.1. The lowest BCUT2D eigenvalue weighted by molar-refractivity contribution is 0.0994. The average molecular weight is 474 g/mol. The summed E-state index contributed by atoms with van der Waals surface area (Å²) < 4.78 is 32.5. The van der Waals surface area contributed by atoms with Crippen molar-refractivity contribution < 1.29 is 17.9 Å². The first kappa shape index (κ1) is 24.6. The van der Waals surface area contributed by atoms with Crippen molar-refractivity contribution in [1.29, 1.82) is 0 Å². The summed E-state index contributed by atoms with van der Waals surface area (Å²) in [6.07, 6.45) is 1.93. The lowest BCUT2D eigenvalue weighted by atomic mass is 9.95. The van der Waals surface area contributed by atoms with Crippen LogP contribution in [0.1, 0.15) is 42.9 Å². The van der Waals surface area contributed by atoms with Crippen LogP contribution in [0.4, 0.5) is 0 Å². The smallest absolute Gasteiger partial charge is 0.283 e. The number of likely N-dealkylation sites (N-methyl/N-ethyl adjacent to an activating group) is 1. The minimum Gasteiger partial charge on any atom is -0.496 e. The lowest BCUT2D eigenvalue weighted by Gasteiger charge is -2.16. The van der Waals surface area contributed by atoms with E-state index in [0.29, 0.717) is 22.1 Å². The molecule has 10 heteroatoms. The quantitative estimate of drug-likeness (QED) is 0.616. The van der Waals surface area contributed by atoms with Gasteiger partial charge in [0.2, 0.25) is 10.0 Å². The second-order valence-corrected chi connectivity index (χ2v) is 11.6. The molecule has 2 aromatic rings. The Kier molecular flexibility index (Phi) is 7.90. The molecule has 0 aliphatic rings. The zero-order chi connectivity index (χ0) is 22.7. The number of rotatable bonds is 7. The van der Waals surface area contributed by atoms with Gasteiger partial charge in [0.1, 0.15) is 5.75 Å². The number of thiazole rings is 1. The van der Waals surface area contributed by atoms with E-state index in [1.807, 2.05) is 10.8 Å². The molecule has 166 valence electrons. The van der Waals surface area contributed by atoms with Gasteiger partial charge >= 0.3 is 0 Å². The first-order chi connectivity index (χ1) is 13.9. The molecular formula is C20H28ClN3O4S2. The van der Waals surface area contributed by atoms with Gasteiger partial charge in [0, 0.05) is 36.2 Å². The summed E-state index contributed by atoms with van der Waals surface area (Å²) in [7, 11) is -0.258. The van der Waals surface area contributed by atoms with Crippen molar-refractivity contribution in [1.82, 2.24) is 8.87 Å². The van der Waals surface area contributed by atoms with E-state index in [1.54, 1.807) is 26.1 Å². The Hall–Kier alpha value is -1.68. The Balaban J connectivity index is 2.47. The third kappa shape index (κ3) is 5.94. The van der Waals surface area contributed by atoms with Crippen LogP contribution in [0.3, 0.4) is 0 Å². The van der Waals surface area contributed by atoms with Gasteiger partial charge < -0.3 is 9.30 Å². The molecule has 1 aromatic carbocycles. The molecule has 2 rings (SSSR count). The molecule has 0 radical (unpaired) electrons. The molecule has 30 heavy (non-hydrogen) atoms. The summed E-state index contributed by atoms with van der Waals surface area (Å²) in [5, 5.41) is 0.412. The molecule has 0 atom stereocenters. The first-order valence-electron chi connectivity index (χ1n) is 9.46. The molecule has 0 saturated heterocycles. The maximum absolute atomic E-state index is 12.9. The summed E-state index contributed by atoms with van der Waals surface area (Å²) in [6, 6.07) is 4.79. The Morgan fingerprint density at radius 2 is 2.00 bits per heavy atom. The SMILES string of the molecule is CCS(=O)(=O)N(C)CCn1cc(C(C)(C)C)sc1=NC(=O)c1cc(Cl)ccc1OC. The fraction of sp³-hybridized carbons (Fsp3) is 0.500. The van der Waals surface area contributed by atoms with Crippen LogP contribution in [-0.2, 0) is 22.0 Å². The Bertz CT molecular complexity index is 1080. The van der Waals surface area contributed by atoms with Crippen LogP contribution in [0.2, 0.25) is 5.02 Å². The van der Waals surface area contributed by atoms with Crippen molar-refractivity contribution in [2.45, 2.75) is 39.7 Å². The fourth-order valence-corrected chi connectivity index (χ4v) is 4.62. The molecule has 1 aromatic heterocycles. The van der Waals surface area contributed by atoms with E-state index in [4.69, 9.17) is 16.3 Å². The number of hydrogen-bond donors (Lipinski definition) is 0. The molecule has 0 unspecified atom stereocenters. The summed E-state index contributed by atoms with van der Waals surface area (Å²) in [5.41, 5.74) is 0.131. The van der Waals surface area contributed by atoms with Crippen LogP contribution < -0.4 is 9.54 Å². The Morgan fingerprint density at radius 3 is 2.57 bits per heavy atom. The van der Waals surface area contributed by atoms with Gasteiger partial charge in [-0.15, -0.1) is 11.3 Å². The predicted molar refractivity (Wildman–Crippen MR) is 121 cm³/mol. The van der Waals surface area contributed by atoms with Crippen LogP contribution in [0.25, 0.3) is 0 Å². The van der Waals surface area contributed by atoms with E-state index in [-0.39, 0.29) is 23.3 Å². The van der Waals surface area contributed by atoms with E-state index in [0.717, 1.165) is 4.88 Å². The number of methoxy groups -OCH3 is 1. The van der Waals surface area contributed by atoms with Crippen LogP contribution >= 0.6 is 22.9 Å². The molecular weight excluding hydrogens is 446 g/mol. The van der Waals surface area contributed by atoms with Gasteiger partial charge in [-0.2, -0.15) is 4.99 Å². The van der Waals surface area contributed by atoms with Crippen molar-refractivity contribution in [3.8, 4) is 5.75 Å². The highest BCUT2D eigenvalue weighted by Crippen LogP contribution is 2.25. The highest BCUT2D eigenvalue weighted by molar-refractivity contribution is 7.89. The van der Waals surface area contributed by atoms with Gasteiger partial charge in [0.15, 0.2) is 4.80 Å². The van der Waals surface area contributed by atoms with Crippen LogP contribution in [0.15, 0.2) is 29.4 Å². The zero-order valence-electron chi connectivity index (χ0n) is 18.1. The predicted octanol–water partition coefficient (Wildman–Crippen LogP) is 3.53. The number of carbonyl (C=O) groups excluding carboxylic acids is 1. The Morgan fingerprint density at radius 1 is 1.33 bits per heavy atom. The number of nitrogens with zero attached hydrogens (tertiary/aromatic N) is 3. The minimum atomic E-state index is -3.29. The molecule has 0 spiro atoms. The topological polar surface area (TPSA) is 81.0 Å². The van der Waals surface area contributed by atoms with Crippen LogP contribution in [-0.4, -0.2) is 49.7 Å². The summed E-state index contributed by atoms with van der Waals surface area (Å²) >= 11 is 7.45. The molecule has 0 aliphatic carbocycles. The number of hydrogen-bond acceptors (Lipinski definition) is 5. The van der Waals surface area contributed by atoms with Gasteiger partial charge in [0.05, 0.1) is 18.4 Å². The van der Waals surface area contributed by atoms with E-state index in [1.165, 1.54) is 28.8 Å². The summed E-state index contributed by atoms with van der Waals surface area (Å²) in [4.78, 5) is 18.7. The number of sulfonamides is 1. The van der Waals surface area contributed by atoms with E-state index < -0.39 is 15.9 Å². The molecule has 0 N–H and O–H groups in total. The maximum Gasteiger partial charge on any atom is 0.283 e.